The van der Waals surface area contributed by atoms with Crippen LogP contribution in [-0.4, -0.2) is 69.6 Å². The van der Waals surface area contributed by atoms with E-state index in [0.717, 1.165) is 48.9 Å². The number of rotatable bonds is 14. The average Bonchev–Trinajstić information content (AvgIpc) is 3.49. The molecule has 2 unspecified atom stereocenters. The standard InChI is InChI=1S/C32H44N2O5S/c1-6-8-20-39-30(38)26-25-28(36)34(18-11-9-10-12-19-35)27(32(25)16-15-31(26,5)40-32)29(37)33(17-7-2)24-21-22(3)13-14-23(24)4/h6-7,13-14,21,25-27,35H,1-2,8-12,15-20H2,3-5H3/t25-,26+,27?,31-,32?/m0/s1. The van der Waals surface area contributed by atoms with E-state index >= 15 is 0 Å². The van der Waals surface area contributed by atoms with E-state index in [9.17, 15) is 19.5 Å². The molecule has 218 valence electrons. The highest BCUT2D eigenvalue weighted by molar-refractivity contribution is 8.02. The lowest BCUT2D eigenvalue weighted by atomic mass is 9.66. The number of unbranched alkanes of at least 4 members (excludes halogenated alkanes) is 3. The lowest BCUT2D eigenvalue weighted by Gasteiger charge is -2.37. The molecule has 3 aliphatic rings. The number of benzene rings is 1. The van der Waals surface area contributed by atoms with Crippen molar-refractivity contribution in [1.29, 1.82) is 0 Å². The lowest BCUT2D eigenvalue weighted by molar-refractivity contribution is -0.155. The number of thioether (sulfide) groups is 1. The summed E-state index contributed by atoms with van der Waals surface area (Å²) in [6.07, 6.45) is 8.62. The third-order valence-electron chi connectivity index (χ3n) is 8.87. The van der Waals surface area contributed by atoms with Gasteiger partial charge in [-0.2, -0.15) is 0 Å². The van der Waals surface area contributed by atoms with Crippen LogP contribution in [0.25, 0.3) is 0 Å². The lowest BCUT2D eigenvalue weighted by Crippen LogP contribution is -2.55. The molecule has 1 N–H and O–H groups in total. The van der Waals surface area contributed by atoms with Crippen LogP contribution in [0.4, 0.5) is 5.69 Å². The third kappa shape index (κ3) is 5.37. The monoisotopic (exact) mass is 568 g/mol. The Bertz CT molecular complexity index is 1150. The predicted molar refractivity (Wildman–Crippen MR) is 160 cm³/mol. The Kier molecular flexibility index (Phi) is 9.51. The van der Waals surface area contributed by atoms with Crippen LogP contribution in [0.2, 0.25) is 0 Å². The second kappa shape index (κ2) is 12.5. The fourth-order valence-electron chi connectivity index (χ4n) is 6.98. The van der Waals surface area contributed by atoms with Crippen LogP contribution in [0.1, 0.15) is 63.0 Å². The third-order valence-corrected chi connectivity index (χ3v) is 10.9. The van der Waals surface area contributed by atoms with Gasteiger partial charge in [0.05, 0.1) is 23.2 Å². The Morgan fingerprint density at radius 2 is 1.93 bits per heavy atom. The first-order valence-corrected chi connectivity index (χ1v) is 15.4. The van der Waals surface area contributed by atoms with Gasteiger partial charge in [-0.25, -0.2) is 0 Å². The van der Waals surface area contributed by atoms with E-state index in [2.05, 4.69) is 20.1 Å². The van der Waals surface area contributed by atoms with Crippen LogP contribution < -0.4 is 4.90 Å². The zero-order valence-electron chi connectivity index (χ0n) is 24.2. The summed E-state index contributed by atoms with van der Waals surface area (Å²) in [7, 11) is 0. The molecule has 1 aromatic carbocycles. The van der Waals surface area contributed by atoms with Crippen molar-refractivity contribution in [3.05, 3.63) is 54.6 Å². The number of anilines is 1. The Morgan fingerprint density at radius 1 is 1.18 bits per heavy atom. The van der Waals surface area contributed by atoms with Crippen LogP contribution >= 0.6 is 11.8 Å². The maximum Gasteiger partial charge on any atom is 0.311 e. The SMILES string of the molecule is C=CCCOC(=O)[C@H]1[C@H]2C(=O)N(CCCCCCO)C(C(=O)N(CC=C)c3cc(C)ccc3C)C23CC[C@]1(C)S3. The number of esters is 1. The molecule has 3 saturated heterocycles. The topological polar surface area (TPSA) is 87.1 Å². The summed E-state index contributed by atoms with van der Waals surface area (Å²) in [5.41, 5.74) is 2.85. The van der Waals surface area contributed by atoms with Crippen molar-refractivity contribution < 1.29 is 24.2 Å². The minimum Gasteiger partial charge on any atom is -0.465 e. The van der Waals surface area contributed by atoms with Gasteiger partial charge in [0.1, 0.15) is 6.04 Å². The van der Waals surface area contributed by atoms with Crippen LogP contribution in [0.3, 0.4) is 0 Å². The number of hydrogen-bond donors (Lipinski definition) is 1. The summed E-state index contributed by atoms with van der Waals surface area (Å²) >= 11 is 1.67. The van der Waals surface area contributed by atoms with Gasteiger partial charge in [-0.3, -0.25) is 14.4 Å². The number of carbonyl (C=O) groups is 3. The number of hydrogen-bond acceptors (Lipinski definition) is 6. The largest absolute Gasteiger partial charge is 0.465 e. The molecule has 0 aliphatic carbocycles. The highest BCUT2D eigenvalue weighted by Gasteiger charge is 2.77. The Morgan fingerprint density at radius 3 is 2.62 bits per heavy atom. The summed E-state index contributed by atoms with van der Waals surface area (Å²) in [6.45, 7) is 14.8. The van der Waals surface area contributed by atoms with Gasteiger partial charge in [-0.15, -0.1) is 24.9 Å². The van der Waals surface area contributed by atoms with E-state index in [0.29, 0.717) is 25.9 Å². The number of amides is 2. The molecule has 40 heavy (non-hydrogen) atoms. The quantitative estimate of drug-likeness (QED) is 0.194. The second-order valence-corrected chi connectivity index (χ2v) is 13.6. The highest BCUT2D eigenvalue weighted by Crippen LogP contribution is 2.71. The number of aliphatic hydroxyl groups excluding tert-OH is 1. The van der Waals surface area contributed by atoms with Gasteiger partial charge in [0.25, 0.3) is 5.91 Å². The van der Waals surface area contributed by atoms with Crippen LogP contribution in [0, 0.1) is 25.7 Å². The van der Waals surface area contributed by atoms with Crippen molar-refractivity contribution in [2.45, 2.75) is 81.3 Å². The molecule has 2 amide bonds. The number of nitrogens with zero attached hydrogens (tertiary/aromatic N) is 2. The molecule has 4 rings (SSSR count). The van der Waals surface area contributed by atoms with Gasteiger partial charge in [0.15, 0.2) is 0 Å². The van der Waals surface area contributed by atoms with E-state index < -0.39 is 27.4 Å². The summed E-state index contributed by atoms with van der Waals surface area (Å²) in [6, 6.07) is 5.38. The first-order valence-electron chi connectivity index (χ1n) is 14.5. The maximum absolute atomic E-state index is 14.7. The minimum atomic E-state index is -0.687. The van der Waals surface area contributed by atoms with E-state index in [1.807, 2.05) is 32.0 Å². The molecular formula is C32H44N2O5S. The molecule has 5 atom stereocenters. The van der Waals surface area contributed by atoms with E-state index in [-0.39, 0.29) is 31.0 Å². The van der Waals surface area contributed by atoms with Gasteiger partial charge in [0, 0.05) is 30.1 Å². The van der Waals surface area contributed by atoms with E-state index in [1.165, 1.54) is 0 Å². The molecule has 7 nitrogen and oxygen atoms in total. The first kappa shape index (κ1) is 30.4. The van der Waals surface area contributed by atoms with Crippen molar-refractivity contribution in [2.24, 2.45) is 11.8 Å². The van der Waals surface area contributed by atoms with Crippen molar-refractivity contribution in [1.82, 2.24) is 4.90 Å². The number of fused-ring (bicyclic) bond motifs is 1. The molecule has 3 fully saturated rings. The molecule has 1 aromatic rings. The van der Waals surface area contributed by atoms with Crippen LogP contribution in [0.15, 0.2) is 43.5 Å². The Labute approximate surface area is 243 Å². The number of aliphatic hydroxyl groups is 1. The fourth-order valence-corrected chi connectivity index (χ4v) is 9.32. The Balaban J connectivity index is 1.74. The first-order chi connectivity index (χ1) is 19.1. The normalized spacial score (nSPS) is 28.4. The van der Waals surface area contributed by atoms with Gasteiger partial charge >= 0.3 is 5.97 Å². The molecule has 2 bridgehead atoms. The average molecular weight is 569 g/mol. The van der Waals surface area contributed by atoms with Gasteiger partial charge < -0.3 is 19.6 Å². The predicted octanol–water partition coefficient (Wildman–Crippen LogP) is 4.98. The summed E-state index contributed by atoms with van der Waals surface area (Å²) in [5.74, 6) is -1.75. The van der Waals surface area contributed by atoms with E-state index in [4.69, 9.17) is 4.74 Å². The molecule has 0 radical (unpaired) electrons. The van der Waals surface area contributed by atoms with Crippen LogP contribution in [-0.2, 0) is 19.1 Å². The zero-order valence-corrected chi connectivity index (χ0v) is 25.0. The fraction of sp³-hybridized carbons (Fsp3) is 0.594. The smallest absolute Gasteiger partial charge is 0.311 e. The van der Waals surface area contributed by atoms with Crippen molar-refractivity contribution in [3.8, 4) is 0 Å². The summed E-state index contributed by atoms with van der Waals surface area (Å²) in [5, 5.41) is 9.18. The summed E-state index contributed by atoms with van der Waals surface area (Å²) < 4.78 is 4.51. The van der Waals surface area contributed by atoms with Gasteiger partial charge in [0.2, 0.25) is 5.91 Å². The Hall–Kier alpha value is -2.58. The molecule has 0 saturated carbocycles. The van der Waals surface area contributed by atoms with Crippen molar-refractivity contribution >= 4 is 35.2 Å². The number of likely N-dealkylation sites (tertiary alicyclic amines) is 1. The maximum atomic E-state index is 14.7. The molecule has 3 aliphatic heterocycles. The van der Waals surface area contributed by atoms with Crippen LogP contribution in [0.5, 0.6) is 0 Å². The number of ether oxygens (including phenoxy) is 1. The molecule has 3 heterocycles. The zero-order chi connectivity index (χ0) is 29.1. The minimum absolute atomic E-state index is 0.110. The van der Waals surface area contributed by atoms with Gasteiger partial charge in [-0.05, 0) is 70.1 Å². The second-order valence-electron chi connectivity index (χ2n) is 11.7. The van der Waals surface area contributed by atoms with Crippen molar-refractivity contribution in [2.75, 3.05) is 31.2 Å². The number of carbonyl (C=O) groups excluding carboxylic acids is 3. The summed E-state index contributed by atoms with van der Waals surface area (Å²) in [4.78, 5) is 46.0. The highest BCUT2D eigenvalue weighted by atomic mass is 32.2. The van der Waals surface area contributed by atoms with Crippen molar-refractivity contribution in [3.63, 3.8) is 0 Å². The molecule has 8 heteroatoms. The van der Waals surface area contributed by atoms with Gasteiger partial charge in [-0.1, -0.05) is 37.1 Å². The molecular weight excluding hydrogens is 524 g/mol. The number of aryl methyl sites for hydroxylation is 2. The molecule has 0 aromatic heterocycles. The molecule has 1 spiro atoms. The van der Waals surface area contributed by atoms with E-state index in [1.54, 1.807) is 33.7 Å².